The van der Waals surface area contributed by atoms with Gasteiger partial charge in [-0.1, -0.05) is 0 Å². The number of aromatic hydroxyl groups is 1. The summed E-state index contributed by atoms with van der Waals surface area (Å²) in [6, 6.07) is 4.97. The summed E-state index contributed by atoms with van der Waals surface area (Å²) in [4.78, 5) is 0. The van der Waals surface area contributed by atoms with E-state index < -0.39 is 0 Å². The molecule has 1 heterocycles. The van der Waals surface area contributed by atoms with Crippen molar-refractivity contribution < 1.29 is 19.7 Å². The van der Waals surface area contributed by atoms with Gasteiger partial charge in [-0.3, -0.25) is 5.32 Å². The second-order valence-electron chi connectivity index (χ2n) is 4.09. The number of benzene rings is 1. The van der Waals surface area contributed by atoms with Crippen molar-refractivity contribution in [1.82, 2.24) is 5.32 Å². The SMILES string of the molecule is COCC(CO)NC1COc2cc(O)ccc21. The van der Waals surface area contributed by atoms with Crippen LogP contribution in [0.4, 0.5) is 0 Å². The Bertz CT molecular complexity index is 383. The number of fused-ring (bicyclic) bond motifs is 1. The molecule has 17 heavy (non-hydrogen) atoms. The highest BCUT2D eigenvalue weighted by Gasteiger charge is 2.26. The summed E-state index contributed by atoms with van der Waals surface area (Å²) in [6.07, 6.45) is 0. The van der Waals surface area contributed by atoms with Gasteiger partial charge in [0.2, 0.25) is 0 Å². The number of ether oxygens (including phenoxy) is 2. The molecule has 94 valence electrons. The first kappa shape index (κ1) is 12.2. The molecule has 2 atom stereocenters. The van der Waals surface area contributed by atoms with Crippen molar-refractivity contribution in [2.45, 2.75) is 12.1 Å². The fourth-order valence-corrected chi connectivity index (χ4v) is 1.98. The molecule has 0 aromatic heterocycles. The van der Waals surface area contributed by atoms with Crippen LogP contribution in [-0.2, 0) is 4.74 Å². The molecule has 1 aromatic carbocycles. The average Bonchev–Trinajstić information content (AvgIpc) is 2.71. The van der Waals surface area contributed by atoms with Crippen molar-refractivity contribution in [3.05, 3.63) is 23.8 Å². The van der Waals surface area contributed by atoms with E-state index in [9.17, 15) is 10.2 Å². The Hall–Kier alpha value is -1.30. The van der Waals surface area contributed by atoms with Crippen LogP contribution in [0.15, 0.2) is 18.2 Å². The molecule has 2 unspecified atom stereocenters. The molecule has 1 aromatic rings. The van der Waals surface area contributed by atoms with Gasteiger partial charge in [-0.25, -0.2) is 0 Å². The van der Waals surface area contributed by atoms with Crippen molar-refractivity contribution in [2.75, 3.05) is 26.9 Å². The van der Waals surface area contributed by atoms with E-state index in [0.717, 1.165) is 5.56 Å². The molecule has 0 amide bonds. The average molecular weight is 239 g/mol. The summed E-state index contributed by atoms with van der Waals surface area (Å²) in [7, 11) is 1.60. The number of phenols is 1. The Kier molecular flexibility index (Phi) is 3.83. The summed E-state index contributed by atoms with van der Waals surface area (Å²) in [5.41, 5.74) is 0.998. The van der Waals surface area contributed by atoms with Gasteiger partial charge in [0.15, 0.2) is 0 Å². The number of rotatable bonds is 5. The maximum atomic E-state index is 9.33. The summed E-state index contributed by atoms with van der Waals surface area (Å²) in [6.45, 7) is 0.956. The van der Waals surface area contributed by atoms with Crippen LogP contribution < -0.4 is 10.1 Å². The zero-order chi connectivity index (χ0) is 12.3. The van der Waals surface area contributed by atoms with Crippen LogP contribution >= 0.6 is 0 Å². The Morgan fingerprint density at radius 1 is 1.59 bits per heavy atom. The standard InChI is InChI=1S/C12H17NO4/c1-16-6-8(5-14)13-11-7-17-12-4-9(15)2-3-10(11)12/h2-4,8,11,13-15H,5-7H2,1H3. The van der Waals surface area contributed by atoms with Gasteiger partial charge < -0.3 is 19.7 Å². The van der Waals surface area contributed by atoms with E-state index in [4.69, 9.17) is 9.47 Å². The highest BCUT2D eigenvalue weighted by molar-refractivity contribution is 5.44. The smallest absolute Gasteiger partial charge is 0.127 e. The van der Waals surface area contributed by atoms with Gasteiger partial charge in [-0.2, -0.15) is 0 Å². The van der Waals surface area contributed by atoms with Gasteiger partial charge in [0.1, 0.15) is 18.1 Å². The van der Waals surface area contributed by atoms with Gasteiger partial charge in [-0.15, -0.1) is 0 Å². The summed E-state index contributed by atoms with van der Waals surface area (Å²) >= 11 is 0. The van der Waals surface area contributed by atoms with Gasteiger partial charge in [0, 0.05) is 18.7 Å². The first-order valence-corrected chi connectivity index (χ1v) is 5.56. The zero-order valence-corrected chi connectivity index (χ0v) is 9.72. The summed E-state index contributed by atoms with van der Waals surface area (Å²) < 4.78 is 10.5. The van der Waals surface area contributed by atoms with E-state index in [-0.39, 0.29) is 24.4 Å². The second-order valence-corrected chi connectivity index (χ2v) is 4.09. The molecule has 0 saturated carbocycles. The lowest BCUT2D eigenvalue weighted by molar-refractivity contribution is 0.119. The maximum absolute atomic E-state index is 9.33. The molecule has 1 aliphatic rings. The monoisotopic (exact) mass is 239 g/mol. The van der Waals surface area contributed by atoms with Crippen molar-refractivity contribution in [2.24, 2.45) is 0 Å². The first-order valence-electron chi connectivity index (χ1n) is 5.56. The molecule has 0 bridgehead atoms. The Morgan fingerprint density at radius 2 is 2.41 bits per heavy atom. The normalized spacial score (nSPS) is 19.8. The van der Waals surface area contributed by atoms with E-state index in [0.29, 0.717) is 19.0 Å². The van der Waals surface area contributed by atoms with Gasteiger partial charge in [0.05, 0.1) is 25.3 Å². The number of hydrogen-bond donors (Lipinski definition) is 3. The lowest BCUT2D eigenvalue weighted by atomic mass is 10.1. The van der Waals surface area contributed by atoms with Crippen molar-refractivity contribution in [3.63, 3.8) is 0 Å². The van der Waals surface area contributed by atoms with Crippen LogP contribution in [0, 0.1) is 0 Å². The Morgan fingerprint density at radius 3 is 3.12 bits per heavy atom. The van der Waals surface area contributed by atoms with Crippen molar-refractivity contribution in [3.8, 4) is 11.5 Å². The number of aliphatic hydroxyl groups excluding tert-OH is 1. The lowest BCUT2D eigenvalue weighted by Gasteiger charge is -2.19. The summed E-state index contributed by atoms with van der Waals surface area (Å²) in [5, 5.41) is 21.8. The fraction of sp³-hybridized carbons (Fsp3) is 0.500. The quantitative estimate of drug-likeness (QED) is 0.694. The predicted molar refractivity (Wildman–Crippen MR) is 62.2 cm³/mol. The number of aliphatic hydroxyl groups is 1. The number of methoxy groups -OCH3 is 1. The highest BCUT2D eigenvalue weighted by Crippen LogP contribution is 2.34. The van der Waals surface area contributed by atoms with Crippen LogP contribution in [0.2, 0.25) is 0 Å². The minimum atomic E-state index is -0.117. The van der Waals surface area contributed by atoms with E-state index in [1.165, 1.54) is 0 Å². The predicted octanol–water partition coefficient (Wildman–Crippen LogP) is 0.423. The van der Waals surface area contributed by atoms with E-state index in [1.807, 2.05) is 6.07 Å². The van der Waals surface area contributed by atoms with Crippen LogP contribution in [0.1, 0.15) is 11.6 Å². The third-order valence-corrected chi connectivity index (χ3v) is 2.80. The van der Waals surface area contributed by atoms with E-state index >= 15 is 0 Å². The molecule has 0 aliphatic carbocycles. The number of nitrogens with one attached hydrogen (secondary N) is 1. The largest absolute Gasteiger partial charge is 0.508 e. The van der Waals surface area contributed by atoms with E-state index in [1.54, 1.807) is 19.2 Å². The summed E-state index contributed by atoms with van der Waals surface area (Å²) in [5.74, 6) is 0.886. The lowest BCUT2D eigenvalue weighted by Crippen LogP contribution is -2.39. The molecule has 3 N–H and O–H groups in total. The first-order chi connectivity index (χ1) is 8.24. The molecule has 0 spiro atoms. The van der Waals surface area contributed by atoms with Crippen LogP contribution in [0.25, 0.3) is 0 Å². The maximum Gasteiger partial charge on any atom is 0.127 e. The molecule has 2 rings (SSSR count). The molecular weight excluding hydrogens is 222 g/mol. The molecule has 5 nitrogen and oxygen atoms in total. The molecular formula is C12H17NO4. The minimum Gasteiger partial charge on any atom is -0.508 e. The second kappa shape index (κ2) is 5.35. The van der Waals surface area contributed by atoms with Crippen molar-refractivity contribution in [1.29, 1.82) is 0 Å². The topological polar surface area (TPSA) is 71.0 Å². The van der Waals surface area contributed by atoms with Gasteiger partial charge in [-0.05, 0) is 12.1 Å². The fourth-order valence-electron chi connectivity index (χ4n) is 1.98. The molecule has 0 fully saturated rings. The minimum absolute atomic E-state index is 0.0117. The van der Waals surface area contributed by atoms with E-state index in [2.05, 4.69) is 5.32 Å². The molecule has 0 saturated heterocycles. The molecule has 5 heteroatoms. The Balaban J connectivity index is 2.06. The zero-order valence-electron chi connectivity index (χ0n) is 9.72. The van der Waals surface area contributed by atoms with Gasteiger partial charge >= 0.3 is 0 Å². The number of phenolic OH excluding ortho intramolecular Hbond substituents is 1. The third-order valence-electron chi connectivity index (χ3n) is 2.80. The third kappa shape index (κ3) is 2.69. The van der Waals surface area contributed by atoms with Crippen LogP contribution in [0.5, 0.6) is 11.5 Å². The molecule has 1 aliphatic heterocycles. The van der Waals surface area contributed by atoms with Crippen molar-refractivity contribution >= 4 is 0 Å². The Labute approximate surface area is 100.0 Å². The molecule has 0 radical (unpaired) electrons. The van der Waals surface area contributed by atoms with Crippen LogP contribution in [0.3, 0.4) is 0 Å². The highest BCUT2D eigenvalue weighted by atomic mass is 16.5. The van der Waals surface area contributed by atoms with Gasteiger partial charge in [0.25, 0.3) is 0 Å². The number of hydrogen-bond acceptors (Lipinski definition) is 5. The van der Waals surface area contributed by atoms with Crippen LogP contribution in [-0.4, -0.2) is 43.2 Å².